The van der Waals surface area contributed by atoms with E-state index in [4.69, 9.17) is 9.84 Å². The first-order valence-corrected chi connectivity index (χ1v) is 8.01. The molecule has 26 heavy (non-hydrogen) atoms. The fourth-order valence-corrected chi connectivity index (χ4v) is 2.85. The van der Waals surface area contributed by atoms with Crippen LogP contribution in [0.25, 0.3) is 11.3 Å². The van der Waals surface area contributed by atoms with Crippen molar-refractivity contribution < 1.29 is 19.4 Å². The number of anilines is 1. The second kappa shape index (κ2) is 7.40. The molecule has 10 heteroatoms. The molecule has 0 radical (unpaired) electrons. The van der Waals surface area contributed by atoms with Crippen LogP contribution in [-0.2, 0) is 18.3 Å². The highest BCUT2D eigenvalue weighted by Crippen LogP contribution is 2.29. The third-order valence-corrected chi connectivity index (χ3v) is 3.97. The minimum atomic E-state index is -1.12. The van der Waals surface area contributed by atoms with Crippen LogP contribution >= 0.6 is 0 Å². The molecule has 2 amide bonds. The number of methoxy groups -OCH3 is 1. The van der Waals surface area contributed by atoms with Crippen molar-refractivity contribution in [3.8, 4) is 11.3 Å². The summed E-state index contributed by atoms with van der Waals surface area (Å²) < 4.78 is 6.67. The highest BCUT2D eigenvalue weighted by molar-refractivity contribution is 6.04. The molecule has 1 atom stereocenters. The van der Waals surface area contributed by atoms with Gasteiger partial charge in [-0.05, 0) is 11.6 Å². The molecule has 1 aliphatic rings. The Morgan fingerprint density at radius 2 is 2.35 bits per heavy atom. The number of carbonyl (C=O) groups excluding carboxylic acids is 1. The second-order valence-electron chi connectivity index (χ2n) is 5.96. The van der Waals surface area contributed by atoms with Crippen molar-refractivity contribution in [1.29, 1.82) is 0 Å². The largest absolute Gasteiger partial charge is 0.465 e. The van der Waals surface area contributed by atoms with E-state index >= 15 is 0 Å². The fourth-order valence-electron chi connectivity index (χ4n) is 2.85. The lowest BCUT2D eigenvalue weighted by molar-refractivity contribution is 0.0966. The van der Waals surface area contributed by atoms with E-state index < -0.39 is 12.1 Å². The number of nitrogens with zero attached hydrogens (tertiary/aromatic N) is 3. The van der Waals surface area contributed by atoms with Gasteiger partial charge in [0.05, 0.1) is 30.1 Å². The quantitative estimate of drug-likeness (QED) is 0.563. The van der Waals surface area contributed by atoms with Gasteiger partial charge in [0.25, 0.3) is 5.91 Å². The lowest BCUT2D eigenvalue weighted by atomic mass is 10.0. The number of aryl methyl sites for hydroxylation is 1. The van der Waals surface area contributed by atoms with Gasteiger partial charge in [0.2, 0.25) is 0 Å². The summed E-state index contributed by atoms with van der Waals surface area (Å²) in [5, 5.41) is 21.3. The van der Waals surface area contributed by atoms with Gasteiger partial charge in [0, 0.05) is 39.0 Å². The number of pyridine rings is 1. The molecular weight excluding hydrogens is 340 g/mol. The smallest absolute Gasteiger partial charge is 0.405 e. The third-order valence-electron chi connectivity index (χ3n) is 3.97. The van der Waals surface area contributed by atoms with Crippen LogP contribution in [0.5, 0.6) is 0 Å². The van der Waals surface area contributed by atoms with Crippen molar-refractivity contribution in [1.82, 2.24) is 25.4 Å². The summed E-state index contributed by atoms with van der Waals surface area (Å²) in [4.78, 5) is 27.6. The average molecular weight is 360 g/mol. The van der Waals surface area contributed by atoms with Crippen LogP contribution in [0.2, 0.25) is 0 Å². The summed E-state index contributed by atoms with van der Waals surface area (Å²) in [7, 11) is 3.29. The molecule has 2 aromatic heterocycles. The number of carbonyl (C=O) groups is 2. The lowest BCUT2D eigenvalue weighted by Crippen LogP contribution is -2.42. The van der Waals surface area contributed by atoms with E-state index in [2.05, 4.69) is 26.0 Å². The van der Waals surface area contributed by atoms with Gasteiger partial charge in [0.15, 0.2) is 0 Å². The maximum Gasteiger partial charge on any atom is 0.405 e. The predicted molar refractivity (Wildman–Crippen MR) is 92.9 cm³/mol. The van der Waals surface area contributed by atoms with Crippen LogP contribution in [0.1, 0.15) is 15.9 Å². The van der Waals surface area contributed by atoms with Gasteiger partial charge in [-0.1, -0.05) is 0 Å². The van der Waals surface area contributed by atoms with E-state index in [0.717, 1.165) is 11.1 Å². The Morgan fingerprint density at radius 3 is 3.00 bits per heavy atom. The van der Waals surface area contributed by atoms with Crippen molar-refractivity contribution >= 4 is 17.8 Å². The van der Waals surface area contributed by atoms with Crippen molar-refractivity contribution in [3.05, 3.63) is 29.6 Å². The van der Waals surface area contributed by atoms with Crippen molar-refractivity contribution in [2.75, 3.05) is 25.6 Å². The summed E-state index contributed by atoms with van der Waals surface area (Å²) in [6, 6.07) is 1.35. The Bertz CT molecular complexity index is 834. The van der Waals surface area contributed by atoms with E-state index in [1.54, 1.807) is 30.2 Å². The van der Waals surface area contributed by atoms with Crippen LogP contribution in [0.4, 0.5) is 10.6 Å². The van der Waals surface area contributed by atoms with E-state index in [1.807, 2.05) is 0 Å². The van der Waals surface area contributed by atoms with E-state index in [0.29, 0.717) is 30.2 Å². The Morgan fingerprint density at radius 1 is 1.54 bits per heavy atom. The molecule has 1 unspecified atom stereocenters. The number of fused-ring (bicyclic) bond motifs is 1. The van der Waals surface area contributed by atoms with E-state index in [9.17, 15) is 9.59 Å². The summed E-state index contributed by atoms with van der Waals surface area (Å²) in [5.41, 5.74) is 2.66. The van der Waals surface area contributed by atoms with Crippen LogP contribution in [0.15, 0.2) is 18.5 Å². The number of nitrogens with one attached hydrogen (secondary N) is 3. The summed E-state index contributed by atoms with van der Waals surface area (Å²) in [5.74, 6) is 0.384. The van der Waals surface area contributed by atoms with Crippen LogP contribution < -0.4 is 16.0 Å². The fraction of sp³-hybridized carbons (Fsp3) is 0.375. The number of aromatic nitrogens is 3. The van der Waals surface area contributed by atoms with Gasteiger partial charge < -0.3 is 25.8 Å². The molecule has 0 spiro atoms. The second-order valence-corrected chi connectivity index (χ2v) is 5.96. The zero-order valence-electron chi connectivity index (χ0n) is 14.4. The van der Waals surface area contributed by atoms with E-state index in [-0.39, 0.29) is 12.5 Å². The highest BCUT2D eigenvalue weighted by atomic mass is 16.5. The molecule has 0 aromatic carbocycles. The van der Waals surface area contributed by atoms with Crippen molar-refractivity contribution in [2.24, 2.45) is 7.05 Å². The average Bonchev–Trinajstić information content (AvgIpc) is 3.18. The molecule has 4 N–H and O–H groups in total. The summed E-state index contributed by atoms with van der Waals surface area (Å²) >= 11 is 0. The Hall–Kier alpha value is -3.14. The zero-order valence-corrected chi connectivity index (χ0v) is 14.4. The highest BCUT2D eigenvalue weighted by Gasteiger charge is 2.26. The lowest BCUT2D eigenvalue weighted by Gasteiger charge is -2.17. The number of amides is 2. The molecule has 0 fully saturated rings. The molecule has 0 bridgehead atoms. The molecule has 10 nitrogen and oxygen atoms in total. The minimum absolute atomic E-state index is 0.164. The standard InChI is InChI=1S/C16H20N6O4/c1-22-7-10(5-19-22)14-13-9(4-18-15(13)23)3-12(21-14)17-6-11(8-26-2)20-16(24)25/h3,5,7,11,20H,4,6,8H2,1-2H3,(H,17,21)(H,18,23)(H,24,25). The monoisotopic (exact) mass is 360 g/mol. The Kier molecular flexibility index (Phi) is 5.03. The molecule has 0 saturated heterocycles. The maximum absolute atomic E-state index is 12.2. The van der Waals surface area contributed by atoms with Gasteiger partial charge in [0.1, 0.15) is 5.82 Å². The number of ether oxygens (including phenoxy) is 1. The normalized spacial score (nSPS) is 13.8. The molecule has 0 aliphatic carbocycles. The number of carboxylic acid groups (broad SMARTS) is 1. The molecular formula is C16H20N6O4. The van der Waals surface area contributed by atoms with Gasteiger partial charge in [-0.2, -0.15) is 5.10 Å². The van der Waals surface area contributed by atoms with Crippen LogP contribution in [0, 0.1) is 0 Å². The van der Waals surface area contributed by atoms with Crippen LogP contribution in [-0.4, -0.2) is 58.2 Å². The number of hydrogen-bond donors (Lipinski definition) is 4. The number of hydrogen-bond acceptors (Lipinski definition) is 6. The SMILES string of the molecule is COCC(CNc1cc2c(c(-c3cnn(C)c3)n1)C(=O)NC2)NC(=O)O. The molecule has 1 aliphatic heterocycles. The van der Waals surface area contributed by atoms with Gasteiger partial charge in [-0.3, -0.25) is 9.48 Å². The summed E-state index contributed by atoms with van der Waals surface area (Å²) in [6.45, 7) is 0.938. The predicted octanol–water partition coefficient (Wildman–Crippen LogP) is 0.420. The minimum Gasteiger partial charge on any atom is -0.465 e. The van der Waals surface area contributed by atoms with Gasteiger partial charge in [-0.15, -0.1) is 0 Å². The van der Waals surface area contributed by atoms with Gasteiger partial charge >= 0.3 is 6.09 Å². The van der Waals surface area contributed by atoms with Crippen molar-refractivity contribution in [3.63, 3.8) is 0 Å². The first-order chi connectivity index (χ1) is 12.5. The zero-order chi connectivity index (χ0) is 18.7. The maximum atomic E-state index is 12.2. The molecule has 2 aromatic rings. The topological polar surface area (TPSA) is 130 Å². The first-order valence-electron chi connectivity index (χ1n) is 8.01. The first kappa shape index (κ1) is 17.7. The summed E-state index contributed by atoms with van der Waals surface area (Å²) in [6.07, 6.45) is 2.32. The molecule has 138 valence electrons. The Labute approximate surface area is 149 Å². The molecule has 0 saturated carbocycles. The number of rotatable bonds is 7. The van der Waals surface area contributed by atoms with Gasteiger partial charge in [-0.25, -0.2) is 9.78 Å². The van der Waals surface area contributed by atoms with Crippen molar-refractivity contribution in [2.45, 2.75) is 12.6 Å². The van der Waals surface area contributed by atoms with E-state index in [1.165, 1.54) is 7.11 Å². The van der Waals surface area contributed by atoms with Crippen LogP contribution in [0.3, 0.4) is 0 Å². The third kappa shape index (κ3) is 3.75. The molecule has 3 heterocycles. The Balaban J connectivity index is 1.87. The molecule has 3 rings (SSSR count).